The van der Waals surface area contributed by atoms with E-state index in [9.17, 15) is 5.11 Å². The molecule has 0 bridgehead atoms. The third-order valence-corrected chi connectivity index (χ3v) is 5.80. The predicted octanol–water partition coefficient (Wildman–Crippen LogP) is -1.26. The summed E-state index contributed by atoms with van der Waals surface area (Å²) in [4.78, 5) is 1.53. The molecule has 1 atom stereocenters. The van der Waals surface area contributed by atoms with Gasteiger partial charge in [-0.2, -0.15) is 22.7 Å². The van der Waals surface area contributed by atoms with Gasteiger partial charge in [0, 0.05) is 6.42 Å². The highest BCUT2D eigenvalue weighted by Crippen LogP contribution is 2.36. The van der Waals surface area contributed by atoms with Crippen molar-refractivity contribution in [2.45, 2.75) is 25.0 Å². The summed E-state index contributed by atoms with van der Waals surface area (Å²) in [6.45, 7) is 5.96. The Balaban J connectivity index is 0.00000176. The summed E-state index contributed by atoms with van der Waals surface area (Å²) >= 11 is 3.29. The lowest BCUT2D eigenvalue weighted by molar-refractivity contribution is -0.932. The van der Waals surface area contributed by atoms with Gasteiger partial charge < -0.3 is 31.7 Å². The quantitative estimate of drug-likeness (QED) is 0.653. The lowest BCUT2D eigenvalue weighted by Crippen LogP contribution is -3.17. The SMILES string of the molecule is CC(CC(O)(c1ccsc1)c1ccsc1)[NH+]1CCOCC1.[Br-]. The van der Waals surface area contributed by atoms with Gasteiger partial charge in [0.15, 0.2) is 0 Å². The molecule has 2 aromatic heterocycles. The largest absolute Gasteiger partial charge is 1.00 e. The van der Waals surface area contributed by atoms with Crippen LogP contribution in [0.1, 0.15) is 24.5 Å². The van der Waals surface area contributed by atoms with Crippen LogP contribution >= 0.6 is 22.7 Å². The first-order valence-electron chi connectivity index (χ1n) is 7.40. The van der Waals surface area contributed by atoms with E-state index in [0.717, 1.165) is 43.9 Å². The second kappa shape index (κ2) is 8.04. The van der Waals surface area contributed by atoms with Crippen molar-refractivity contribution in [1.29, 1.82) is 0 Å². The fourth-order valence-electron chi connectivity index (χ4n) is 3.12. The van der Waals surface area contributed by atoms with Gasteiger partial charge in [0.25, 0.3) is 0 Å². The molecule has 1 aliphatic rings. The third kappa shape index (κ3) is 3.80. The summed E-state index contributed by atoms with van der Waals surface area (Å²) in [6.07, 6.45) is 0.746. The zero-order chi connectivity index (χ0) is 14.7. The fraction of sp³-hybridized carbons (Fsp3) is 0.500. The number of ether oxygens (including phenoxy) is 1. The van der Waals surface area contributed by atoms with Gasteiger partial charge in [0.1, 0.15) is 18.7 Å². The lowest BCUT2D eigenvalue weighted by Gasteiger charge is -2.35. The molecule has 3 nitrogen and oxygen atoms in total. The van der Waals surface area contributed by atoms with E-state index in [2.05, 4.69) is 17.7 Å². The zero-order valence-corrected chi connectivity index (χ0v) is 15.8. The van der Waals surface area contributed by atoms with E-state index in [1.807, 2.05) is 22.9 Å². The first kappa shape index (κ1) is 18.1. The maximum atomic E-state index is 11.4. The van der Waals surface area contributed by atoms with Crippen molar-refractivity contribution in [2.75, 3.05) is 26.3 Å². The molecule has 0 aliphatic carbocycles. The molecule has 6 heteroatoms. The molecule has 2 N–H and O–H groups in total. The maximum absolute atomic E-state index is 11.4. The van der Waals surface area contributed by atoms with E-state index in [1.54, 1.807) is 22.7 Å². The number of morpholine rings is 1. The summed E-state index contributed by atoms with van der Waals surface area (Å²) in [7, 11) is 0. The number of halogens is 1. The van der Waals surface area contributed by atoms with Gasteiger partial charge in [-0.25, -0.2) is 0 Å². The Bertz CT molecular complexity index is 504. The van der Waals surface area contributed by atoms with Crippen LogP contribution in [0.15, 0.2) is 33.7 Å². The average Bonchev–Trinajstić information content (AvgIpc) is 3.21. The molecule has 1 saturated heterocycles. The van der Waals surface area contributed by atoms with Crippen LogP contribution in [0.4, 0.5) is 0 Å². The van der Waals surface area contributed by atoms with Crippen molar-refractivity contribution in [3.8, 4) is 0 Å². The number of hydrogen-bond donors (Lipinski definition) is 2. The number of rotatable bonds is 5. The van der Waals surface area contributed by atoms with Crippen molar-refractivity contribution in [3.05, 3.63) is 44.8 Å². The average molecular weight is 404 g/mol. The van der Waals surface area contributed by atoms with Crippen molar-refractivity contribution in [1.82, 2.24) is 0 Å². The smallest absolute Gasteiger partial charge is 0.122 e. The number of thiophene rings is 2. The van der Waals surface area contributed by atoms with E-state index >= 15 is 0 Å². The minimum Gasteiger partial charge on any atom is -1.00 e. The Morgan fingerprint density at radius 1 is 1.18 bits per heavy atom. The molecule has 2 aromatic rings. The standard InChI is InChI=1S/C16H21NO2S2.BrH/c1-13(17-4-6-19-7-5-17)10-16(18,14-2-8-20-11-14)15-3-9-21-12-15;/h2-3,8-9,11-13,18H,4-7,10H2,1H3;1H. The molecule has 1 fully saturated rings. The molecule has 0 radical (unpaired) electrons. The van der Waals surface area contributed by atoms with Crippen LogP contribution in [0.25, 0.3) is 0 Å². The van der Waals surface area contributed by atoms with Crippen molar-refractivity contribution < 1.29 is 31.7 Å². The molecule has 122 valence electrons. The highest BCUT2D eigenvalue weighted by atomic mass is 79.9. The fourth-order valence-corrected chi connectivity index (χ4v) is 4.56. The van der Waals surface area contributed by atoms with Gasteiger partial charge in [-0.1, -0.05) is 0 Å². The summed E-state index contributed by atoms with van der Waals surface area (Å²) in [5, 5.41) is 19.6. The highest BCUT2D eigenvalue weighted by Gasteiger charge is 2.37. The van der Waals surface area contributed by atoms with Gasteiger partial charge in [-0.05, 0) is 51.7 Å². The maximum Gasteiger partial charge on any atom is 0.122 e. The normalized spacial score (nSPS) is 17.9. The van der Waals surface area contributed by atoms with Gasteiger partial charge in [-0.15, -0.1) is 0 Å². The topological polar surface area (TPSA) is 33.9 Å². The van der Waals surface area contributed by atoms with Crippen LogP contribution in [-0.2, 0) is 10.3 Å². The molecule has 0 amide bonds. The Labute approximate surface area is 150 Å². The van der Waals surface area contributed by atoms with Gasteiger partial charge in [-0.3, -0.25) is 0 Å². The van der Waals surface area contributed by atoms with Crippen molar-refractivity contribution in [3.63, 3.8) is 0 Å². The summed E-state index contributed by atoms with van der Waals surface area (Å²) in [6, 6.07) is 4.49. The number of nitrogens with one attached hydrogen (secondary N) is 1. The van der Waals surface area contributed by atoms with Crippen LogP contribution in [0, 0.1) is 0 Å². The summed E-state index contributed by atoms with van der Waals surface area (Å²) in [5.41, 5.74) is 1.17. The molecule has 0 saturated carbocycles. The number of quaternary nitrogens is 1. The van der Waals surface area contributed by atoms with E-state index in [-0.39, 0.29) is 17.0 Å². The molecular weight excluding hydrogens is 382 g/mol. The predicted molar refractivity (Wildman–Crippen MR) is 87.2 cm³/mol. The second-order valence-corrected chi connectivity index (χ2v) is 7.32. The first-order chi connectivity index (χ1) is 10.2. The Kier molecular flexibility index (Phi) is 6.61. The highest BCUT2D eigenvalue weighted by molar-refractivity contribution is 7.08. The van der Waals surface area contributed by atoms with Gasteiger partial charge in [0.2, 0.25) is 0 Å². The van der Waals surface area contributed by atoms with Crippen LogP contribution in [-0.4, -0.2) is 37.5 Å². The molecule has 0 spiro atoms. The second-order valence-electron chi connectivity index (χ2n) is 5.76. The third-order valence-electron chi connectivity index (χ3n) is 4.43. The molecule has 3 heterocycles. The van der Waals surface area contributed by atoms with Crippen LogP contribution in [0.3, 0.4) is 0 Å². The molecule has 3 rings (SSSR count). The van der Waals surface area contributed by atoms with Gasteiger partial charge in [0.05, 0.1) is 19.3 Å². The summed E-state index contributed by atoms with van der Waals surface area (Å²) < 4.78 is 5.44. The molecule has 0 aromatic carbocycles. The Morgan fingerprint density at radius 3 is 2.18 bits per heavy atom. The van der Waals surface area contributed by atoms with Crippen LogP contribution in [0.2, 0.25) is 0 Å². The van der Waals surface area contributed by atoms with E-state index in [1.165, 1.54) is 4.90 Å². The van der Waals surface area contributed by atoms with Gasteiger partial charge >= 0.3 is 0 Å². The van der Waals surface area contributed by atoms with E-state index in [0.29, 0.717) is 6.04 Å². The van der Waals surface area contributed by atoms with E-state index < -0.39 is 5.60 Å². The Hall–Kier alpha value is -0.240. The minimum absolute atomic E-state index is 0. The Morgan fingerprint density at radius 2 is 1.73 bits per heavy atom. The molecule has 1 aliphatic heterocycles. The van der Waals surface area contributed by atoms with Crippen LogP contribution in [0.5, 0.6) is 0 Å². The number of aliphatic hydroxyl groups is 1. The monoisotopic (exact) mass is 403 g/mol. The molecule has 1 unspecified atom stereocenters. The molecule has 22 heavy (non-hydrogen) atoms. The van der Waals surface area contributed by atoms with Crippen molar-refractivity contribution in [2.24, 2.45) is 0 Å². The first-order valence-corrected chi connectivity index (χ1v) is 9.29. The molecular formula is C16H22BrNO2S2. The zero-order valence-electron chi connectivity index (χ0n) is 12.6. The number of hydrogen-bond acceptors (Lipinski definition) is 4. The van der Waals surface area contributed by atoms with E-state index in [4.69, 9.17) is 4.74 Å². The minimum atomic E-state index is -0.870. The van der Waals surface area contributed by atoms with Crippen molar-refractivity contribution >= 4 is 22.7 Å². The van der Waals surface area contributed by atoms with Crippen LogP contribution < -0.4 is 21.9 Å². The summed E-state index contributed by atoms with van der Waals surface area (Å²) in [5.74, 6) is 0. The lowest BCUT2D eigenvalue weighted by atomic mass is 9.84.